The van der Waals surface area contributed by atoms with Crippen molar-refractivity contribution < 1.29 is 8.42 Å². The molecule has 1 fully saturated rings. The average molecular weight is 395 g/mol. The molecule has 21 heavy (non-hydrogen) atoms. The molecule has 1 aliphatic carbocycles. The molecule has 0 aromatic carbocycles. The van der Waals surface area contributed by atoms with E-state index in [-0.39, 0.29) is 5.41 Å². The zero-order chi connectivity index (χ0) is 15.7. The monoisotopic (exact) mass is 394 g/mol. The van der Waals surface area contributed by atoms with Crippen molar-refractivity contribution >= 4 is 37.3 Å². The van der Waals surface area contributed by atoms with Crippen LogP contribution in [0.1, 0.15) is 38.5 Å². The van der Waals surface area contributed by atoms with E-state index in [1.54, 1.807) is 6.07 Å². The summed E-state index contributed by atoms with van der Waals surface area (Å²) in [5.74, 6) is 0.510. The van der Waals surface area contributed by atoms with E-state index in [1.165, 1.54) is 11.3 Å². The Morgan fingerprint density at radius 1 is 1.43 bits per heavy atom. The first kappa shape index (κ1) is 17.4. The van der Waals surface area contributed by atoms with Gasteiger partial charge >= 0.3 is 0 Å². The van der Waals surface area contributed by atoms with Gasteiger partial charge in [-0.2, -0.15) is 0 Å². The van der Waals surface area contributed by atoms with Gasteiger partial charge in [-0.3, -0.25) is 0 Å². The molecule has 4 nitrogen and oxygen atoms in total. The Bertz CT molecular complexity index is 592. The number of halogens is 1. The summed E-state index contributed by atoms with van der Waals surface area (Å²) >= 11 is 4.85. The molecule has 0 bridgehead atoms. The third-order valence-electron chi connectivity index (χ3n) is 4.28. The third-order valence-corrected chi connectivity index (χ3v) is 7.93. The van der Waals surface area contributed by atoms with Crippen LogP contribution >= 0.6 is 27.3 Å². The van der Waals surface area contributed by atoms with E-state index < -0.39 is 10.0 Å². The summed E-state index contributed by atoms with van der Waals surface area (Å²) in [5.41, 5.74) is 0.169. The molecule has 0 spiro atoms. The quantitative estimate of drug-likeness (QED) is 0.710. The smallest absolute Gasteiger partial charge is 0.242 e. The molecule has 0 aliphatic heterocycles. The molecular formula is C14H23BrN2O2S2. The molecule has 1 aromatic rings. The Morgan fingerprint density at radius 3 is 2.62 bits per heavy atom. The Labute approximate surface area is 139 Å². The van der Waals surface area contributed by atoms with Crippen LogP contribution < -0.4 is 10.0 Å². The van der Waals surface area contributed by atoms with Crippen molar-refractivity contribution in [3.63, 3.8) is 0 Å². The first-order valence-electron chi connectivity index (χ1n) is 7.29. The lowest BCUT2D eigenvalue weighted by atomic mass is 9.93. The van der Waals surface area contributed by atoms with Crippen molar-refractivity contribution in [3.8, 4) is 0 Å². The SMILES string of the molecule is CCNCc1cc(S(=O)(=O)NCC2(C(C)C)CC2)c(Br)s1. The molecule has 1 saturated carbocycles. The van der Waals surface area contributed by atoms with Gasteiger partial charge in [-0.15, -0.1) is 11.3 Å². The second-order valence-corrected chi connectivity index (χ2v) is 10.2. The largest absolute Gasteiger partial charge is 0.312 e. The Kier molecular flexibility index (Phi) is 5.52. The van der Waals surface area contributed by atoms with E-state index in [9.17, 15) is 8.42 Å². The average Bonchev–Trinajstić information content (AvgIpc) is 3.12. The standard InChI is InChI=1S/C14H23BrN2O2S2/c1-4-16-8-11-7-12(13(15)20-11)21(18,19)17-9-14(5-6-14)10(2)3/h7,10,16-17H,4-6,8-9H2,1-3H3. The van der Waals surface area contributed by atoms with E-state index in [2.05, 4.69) is 39.8 Å². The van der Waals surface area contributed by atoms with Gasteiger partial charge in [0.1, 0.15) is 4.90 Å². The highest BCUT2D eigenvalue weighted by Crippen LogP contribution is 2.51. The topological polar surface area (TPSA) is 58.2 Å². The summed E-state index contributed by atoms with van der Waals surface area (Å²) in [6.07, 6.45) is 2.23. The molecule has 7 heteroatoms. The van der Waals surface area contributed by atoms with Crippen LogP contribution in [0, 0.1) is 11.3 Å². The summed E-state index contributed by atoms with van der Waals surface area (Å²) in [6, 6.07) is 1.76. The van der Waals surface area contributed by atoms with Crippen LogP contribution in [0.2, 0.25) is 0 Å². The van der Waals surface area contributed by atoms with Crippen molar-refractivity contribution in [1.29, 1.82) is 0 Å². The maximum atomic E-state index is 12.5. The Hall–Kier alpha value is 0.0500. The number of thiophene rings is 1. The van der Waals surface area contributed by atoms with Crippen LogP contribution in [-0.2, 0) is 16.6 Å². The molecule has 0 saturated heterocycles. The van der Waals surface area contributed by atoms with Gasteiger partial charge in [0.2, 0.25) is 10.0 Å². The first-order valence-corrected chi connectivity index (χ1v) is 10.4. The van der Waals surface area contributed by atoms with Crippen molar-refractivity contribution in [1.82, 2.24) is 10.0 Å². The van der Waals surface area contributed by atoms with Crippen LogP contribution in [0.3, 0.4) is 0 Å². The zero-order valence-corrected chi connectivity index (χ0v) is 15.9. The first-order chi connectivity index (χ1) is 9.81. The van der Waals surface area contributed by atoms with E-state index in [0.29, 0.717) is 27.7 Å². The normalized spacial score (nSPS) is 17.4. The van der Waals surface area contributed by atoms with Gasteiger partial charge in [-0.05, 0) is 52.7 Å². The molecule has 0 atom stereocenters. The molecule has 1 aromatic heterocycles. The zero-order valence-electron chi connectivity index (χ0n) is 12.7. The number of rotatable bonds is 8. The lowest BCUT2D eigenvalue weighted by molar-refractivity contribution is 0.357. The highest BCUT2D eigenvalue weighted by atomic mass is 79.9. The van der Waals surface area contributed by atoms with Crippen LogP contribution in [-0.4, -0.2) is 21.5 Å². The maximum Gasteiger partial charge on any atom is 0.242 e. The van der Waals surface area contributed by atoms with Crippen LogP contribution in [0.5, 0.6) is 0 Å². The molecule has 0 unspecified atom stereocenters. The lowest BCUT2D eigenvalue weighted by Gasteiger charge is -2.19. The Morgan fingerprint density at radius 2 is 2.10 bits per heavy atom. The van der Waals surface area contributed by atoms with Crippen LogP contribution in [0.25, 0.3) is 0 Å². The van der Waals surface area contributed by atoms with E-state index in [0.717, 1.165) is 24.3 Å². The second-order valence-electron chi connectivity index (χ2n) is 5.97. The predicted molar refractivity (Wildman–Crippen MR) is 91.1 cm³/mol. The van der Waals surface area contributed by atoms with Gasteiger partial charge < -0.3 is 5.32 Å². The number of sulfonamides is 1. The van der Waals surface area contributed by atoms with Gasteiger partial charge in [-0.25, -0.2) is 13.1 Å². The molecule has 0 radical (unpaired) electrons. The predicted octanol–water partition coefficient (Wildman–Crippen LogP) is 3.33. The lowest BCUT2D eigenvalue weighted by Crippen LogP contribution is -2.32. The van der Waals surface area contributed by atoms with Crippen molar-refractivity contribution in [2.24, 2.45) is 11.3 Å². The van der Waals surface area contributed by atoms with Gasteiger partial charge in [0.25, 0.3) is 0 Å². The molecule has 0 amide bonds. The fourth-order valence-electron chi connectivity index (χ4n) is 2.35. The fourth-order valence-corrected chi connectivity index (χ4v) is 6.14. The minimum absolute atomic E-state index is 0.169. The molecular weight excluding hydrogens is 372 g/mol. The van der Waals surface area contributed by atoms with Crippen LogP contribution in [0.4, 0.5) is 0 Å². The second kappa shape index (κ2) is 6.66. The number of nitrogens with one attached hydrogen (secondary N) is 2. The van der Waals surface area contributed by atoms with Gasteiger partial charge in [0.05, 0.1) is 3.79 Å². The van der Waals surface area contributed by atoms with Crippen molar-refractivity contribution in [3.05, 3.63) is 14.7 Å². The summed E-state index contributed by atoms with van der Waals surface area (Å²) < 4.78 is 28.4. The summed E-state index contributed by atoms with van der Waals surface area (Å²) in [5, 5.41) is 3.21. The molecule has 1 heterocycles. The Balaban J connectivity index is 2.07. The summed E-state index contributed by atoms with van der Waals surface area (Å²) in [4.78, 5) is 1.38. The highest BCUT2D eigenvalue weighted by Gasteiger charge is 2.45. The highest BCUT2D eigenvalue weighted by molar-refractivity contribution is 9.11. The van der Waals surface area contributed by atoms with Crippen molar-refractivity contribution in [2.75, 3.05) is 13.1 Å². The minimum Gasteiger partial charge on any atom is -0.312 e. The number of hydrogen-bond donors (Lipinski definition) is 2. The number of hydrogen-bond acceptors (Lipinski definition) is 4. The maximum absolute atomic E-state index is 12.5. The minimum atomic E-state index is -3.44. The van der Waals surface area contributed by atoms with E-state index in [1.807, 2.05) is 6.92 Å². The van der Waals surface area contributed by atoms with Gasteiger partial charge in [0, 0.05) is 18.0 Å². The van der Waals surface area contributed by atoms with Gasteiger partial charge in [0.15, 0.2) is 0 Å². The fraction of sp³-hybridized carbons (Fsp3) is 0.714. The van der Waals surface area contributed by atoms with E-state index in [4.69, 9.17) is 0 Å². The van der Waals surface area contributed by atoms with Crippen molar-refractivity contribution in [2.45, 2.75) is 45.1 Å². The van der Waals surface area contributed by atoms with E-state index >= 15 is 0 Å². The van der Waals surface area contributed by atoms with Crippen LogP contribution in [0.15, 0.2) is 14.7 Å². The molecule has 2 rings (SSSR count). The van der Waals surface area contributed by atoms with Gasteiger partial charge in [-0.1, -0.05) is 20.8 Å². The summed E-state index contributed by atoms with van der Waals surface area (Å²) in [6.45, 7) is 8.46. The molecule has 1 aliphatic rings. The molecule has 120 valence electrons. The third kappa shape index (κ3) is 4.07. The molecule has 2 N–H and O–H groups in total. The summed E-state index contributed by atoms with van der Waals surface area (Å²) in [7, 11) is -3.44.